The van der Waals surface area contributed by atoms with Crippen LogP contribution >= 0.6 is 0 Å². The topological polar surface area (TPSA) is 114 Å². The van der Waals surface area contributed by atoms with Gasteiger partial charge < -0.3 is 24.4 Å². The number of rotatable bonds is 9. The molecule has 1 saturated heterocycles. The van der Waals surface area contributed by atoms with Crippen LogP contribution in [0.1, 0.15) is 35.6 Å². The average molecular weight is 805 g/mol. The summed E-state index contributed by atoms with van der Waals surface area (Å²) in [6.45, 7) is 7.24. The van der Waals surface area contributed by atoms with E-state index in [-0.39, 0.29) is 54.4 Å². The van der Waals surface area contributed by atoms with Gasteiger partial charge in [0.25, 0.3) is 11.5 Å². The second-order valence-corrected chi connectivity index (χ2v) is 21.4. The maximum atomic E-state index is 15.4. The Morgan fingerprint density at radius 1 is 0.915 bits per heavy atom. The average Bonchev–Trinajstić information content (AvgIpc) is 3.69. The van der Waals surface area contributed by atoms with Gasteiger partial charge >= 0.3 is 0 Å². The third kappa shape index (κ3) is 6.39. The van der Waals surface area contributed by atoms with E-state index in [1.165, 1.54) is 9.87 Å². The molecule has 10 nitrogen and oxygen atoms in total. The first-order chi connectivity index (χ1) is 28.5. The quantitative estimate of drug-likeness (QED) is 0.166. The molecule has 300 valence electrons. The van der Waals surface area contributed by atoms with Crippen LogP contribution < -0.4 is 20.4 Å². The zero-order valence-corrected chi connectivity index (χ0v) is 34.7. The second kappa shape index (κ2) is 15.1. The Morgan fingerprint density at radius 3 is 2.42 bits per heavy atom. The highest BCUT2D eigenvalue weighted by Gasteiger charge is 2.66. The summed E-state index contributed by atoms with van der Waals surface area (Å²) in [6.07, 6.45) is 1.76. The van der Waals surface area contributed by atoms with Gasteiger partial charge in [0.15, 0.2) is 5.60 Å². The largest absolute Gasteiger partial charge is 0.497 e. The molecule has 1 fully saturated rings. The van der Waals surface area contributed by atoms with Gasteiger partial charge in [-0.2, -0.15) is 9.78 Å². The van der Waals surface area contributed by atoms with Gasteiger partial charge in [-0.1, -0.05) is 110 Å². The van der Waals surface area contributed by atoms with Crippen molar-refractivity contribution in [3.8, 4) is 11.4 Å². The Hall–Kier alpha value is -5.88. The Morgan fingerprint density at radius 2 is 1.64 bits per heavy atom. The van der Waals surface area contributed by atoms with Crippen LogP contribution in [0.5, 0.6) is 5.75 Å². The first-order valence-electron chi connectivity index (χ1n) is 20.3. The molecule has 4 heterocycles. The number of hydrogen-bond donors (Lipinski definition) is 1. The highest BCUT2D eigenvalue weighted by molar-refractivity contribution is 6.91. The molecule has 2 amide bonds. The van der Waals surface area contributed by atoms with E-state index in [2.05, 4.69) is 43.3 Å². The predicted molar refractivity (Wildman–Crippen MR) is 231 cm³/mol. The van der Waals surface area contributed by atoms with Crippen LogP contribution in [0, 0.1) is 5.92 Å². The van der Waals surface area contributed by atoms with E-state index in [0.717, 1.165) is 39.1 Å². The number of amides is 2. The van der Waals surface area contributed by atoms with E-state index < -0.39 is 19.8 Å². The highest BCUT2D eigenvalue weighted by Crippen LogP contribution is 2.60. The summed E-state index contributed by atoms with van der Waals surface area (Å²) in [5, 5.41) is 17.5. The number of carbonyl (C=O) groups excluding carboxylic acids is 2. The van der Waals surface area contributed by atoms with Gasteiger partial charge in [0.1, 0.15) is 5.75 Å². The number of fused-ring (bicyclic) bond motifs is 4. The van der Waals surface area contributed by atoms with E-state index in [0.29, 0.717) is 24.0 Å². The lowest BCUT2D eigenvalue weighted by atomic mass is 9.82. The first-order valence-corrected chi connectivity index (χ1v) is 23.4. The van der Waals surface area contributed by atoms with Crippen molar-refractivity contribution < 1.29 is 24.2 Å². The Bertz CT molecular complexity index is 2650. The maximum Gasteiger partial charge on any atom is 0.279 e. The fraction of sp³-hybridized carbons (Fsp3) is 0.292. The Kier molecular flexibility index (Phi) is 9.85. The SMILES string of the molecule is COc1ccc([Si](C)(C)[C@H]2[C@H](CC(=O)N3Cc4ccccc4C[C@H]3CO)O[C@@]3(C(=O)N(Cc4cccc(-n5ncc6ccccc6c5=O)c4)c4ccccc43)[C@@H]2C)cc1. The van der Waals surface area contributed by atoms with Gasteiger partial charge in [0.2, 0.25) is 5.91 Å². The summed E-state index contributed by atoms with van der Waals surface area (Å²) in [6, 6.07) is 38.7. The molecule has 3 aliphatic heterocycles. The molecule has 6 aromatic rings. The van der Waals surface area contributed by atoms with Crippen molar-refractivity contribution in [3.63, 3.8) is 0 Å². The van der Waals surface area contributed by atoms with Crippen molar-refractivity contribution in [2.24, 2.45) is 5.92 Å². The van der Waals surface area contributed by atoms with Crippen LogP contribution in [0.4, 0.5) is 5.69 Å². The fourth-order valence-corrected chi connectivity index (χ4v) is 14.2. The number of nitrogens with zero attached hydrogens (tertiary/aromatic N) is 4. The van der Waals surface area contributed by atoms with E-state index in [1.54, 1.807) is 29.2 Å². The number of methoxy groups -OCH3 is 1. The smallest absolute Gasteiger partial charge is 0.279 e. The van der Waals surface area contributed by atoms with Crippen LogP contribution in [0.3, 0.4) is 0 Å². The summed E-state index contributed by atoms with van der Waals surface area (Å²) in [5.74, 6) is 0.198. The van der Waals surface area contributed by atoms with Crippen molar-refractivity contribution in [1.82, 2.24) is 14.7 Å². The maximum absolute atomic E-state index is 15.4. The van der Waals surface area contributed by atoms with Gasteiger partial charge in [-0.25, -0.2) is 0 Å². The first kappa shape index (κ1) is 38.6. The van der Waals surface area contributed by atoms with Crippen LogP contribution in [0.25, 0.3) is 16.5 Å². The van der Waals surface area contributed by atoms with Crippen molar-refractivity contribution in [3.05, 3.63) is 160 Å². The van der Waals surface area contributed by atoms with Gasteiger partial charge in [0.05, 0.1) is 69.9 Å². The summed E-state index contributed by atoms with van der Waals surface area (Å²) < 4.78 is 14.2. The normalized spacial score (nSPS) is 22.5. The van der Waals surface area contributed by atoms with E-state index in [9.17, 15) is 14.7 Å². The summed E-state index contributed by atoms with van der Waals surface area (Å²) in [4.78, 5) is 47.2. The van der Waals surface area contributed by atoms with E-state index in [4.69, 9.17) is 9.47 Å². The molecule has 5 atom stereocenters. The number of hydrogen-bond acceptors (Lipinski definition) is 7. The zero-order valence-electron chi connectivity index (χ0n) is 33.7. The second-order valence-electron chi connectivity index (χ2n) is 16.7. The summed E-state index contributed by atoms with van der Waals surface area (Å²) in [7, 11) is -0.876. The molecular formula is C48H48N4O6Si. The number of anilines is 1. The minimum absolute atomic E-state index is 0.0764. The molecule has 0 saturated carbocycles. The number of carbonyl (C=O) groups is 2. The molecule has 59 heavy (non-hydrogen) atoms. The summed E-state index contributed by atoms with van der Waals surface area (Å²) in [5.41, 5.74) is 3.50. The Balaban J connectivity index is 1.08. The number of para-hydroxylation sites is 1. The minimum Gasteiger partial charge on any atom is -0.497 e. The van der Waals surface area contributed by atoms with Crippen molar-refractivity contribution >= 4 is 41.5 Å². The standard InChI is InChI=1S/C48H48N4O6Si/c1-31-45(59(3,4)39-22-20-38(57-2)21-23-39)43(26-44(54)50-29-35-15-6-5-13-33(35)25-37(50)30-53)58-48(31)41-18-9-10-19-42(41)51(47(48)56)28-32-12-11-16-36(24-32)52-46(55)40-17-8-7-14-34(40)27-49-52/h5-24,27,31,37,43,45,53H,25-26,28-30H2,1-4H3/t31-,37+,43+,45-,48+/m1/s1. The number of ether oxygens (including phenoxy) is 2. The lowest BCUT2D eigenvalue weighted by molar-refractivity contribution is -0.151. The molecule has 9 rings (SSSR count). The van der Waals surface area contributed by atoms with Gasteiger partial charge in [-0.05, 0) is 65.1 Å². The molecule has 1 aromatic heterocycles. The van der Waals surface area contributed by atoms with Gasteiger partial charge in [-0.3, -0.25) is 14.4 Å². The molecule has 0 aliphatic carbocycles. The third-order valence-corrected chi connectivity index (χ3v) is 17.6. The van der Waals surface area contributed by atoms with Crippen molar-refractivity contribution in [1.29, 1.82) is 0 Å². The molecular weight excluding hydrogens is 757 g/mol. The van der Waals surface area contributed by atoms with Crippen LogP contribution in [0.15, 0.2) is 132 Å². The van der Waals surface area contributed by atoms with Gasteiger partial charge in [0, 0.05) is 23.4 Å². The molecule has 5 aromatic carbocycles. The molecule has 1 spiro atoms. The summed E-state index contributed by atoms with van der Waals surface area (Å²) >= 11 is 0. The number of aliphatic hydroxyl groups excluding tert-OH is 1. The van der Waals surface area contributed by atoms with Crippen LogP contribution in [0.2, 0.25) is 18.6 Å². The number of aromatic nitrogens is 2. The van der Waals surface area contributed by atoms with Crippen LogP contribution in [-0.4, -0.2) is 65.5 Å². The van der Waals surface area contributed by atoms with E-state index >= 15 is 4.79 Å². The lowest BCUT2D eigenvalue weighted by Gasteiger charge is -2.39. The molecule has 3 aliphatic rings. The minimum atomic E-state index is -2.53. The molecule has 1 N–H and O–H groups in total. The number of benzene rings is 5. The van der Waals surface area contributed by atoms with Crippen molar-refractivity contribution in [2.45, 2.75) is 69.2 Å². The number of aliphatic hydroxyl groups is 1. The lowest BCUT2D eigenvalue weighted by Crippen LogP contribution is -2.52. The zero-order chi connectivity index (χ0) is 41.1. The van der Waals surface area contributed by atoms with Crippen LogP contribution in [-0.2, 0) is 39.4 Å². The molecule has 0 radical (unpaired) electrons. The van der Waals surface area contributed by atoms with Gasteiger partial charge in [-0.15, -0.1) is 0 Å². The third-order valence-electron chi connectivity index (χ3n) is 13.2. The molecule has 0 unspecified atom stereocenters. The Labute approximate surface area is 344 Å². The van der Waals surface area contributed by atoms with Crippen molar-refractivity contribution in [2.75, 3.05) is 18.6 Å². The monoisotopic (exact) mass is 804 g/mol. The molecule has 0 bridgehead atoms. The van der Waals surface area contributed by atoms with E-state index in [1.807, 2.05) is 97.1 Å². The predicted octanol–water partition coefficient (Wildman–Crippen LogP) is 6.49. The highest BCUT2D eigenvalue weighted by atomic mass is 28.3. The molecule has 11 heteroatoms. The fourth-order valence-electron chi connectivity index (χ4n) is 10.2.